The van der Waals surface area contributed by atoms with E-state index in [1.165, 1.54) is 116 Å². The fourth-order valence-electron chi connectivity index (χ4n) is 5.92. The molecule has 0 aliphatic heterocycles. The lowest BCUT2D eigenvalue weighted by molar-refractivity contribution is -0.870. The van der Waals surface area contributed by atoms with Gasteiger partial charge >= 0.3 is 5.97 Å². The zero-order valence-corrected chi connectivity index (χ0v) is 36.8. The molecule has 0 fully saturated rings. The van der Waals surface area contributed by atoms with Gasteiger partial charge in [-0.05, 0) is 70.6 Å². The maximum absolute atomic E-state index is 12.7. The second-order valence-electron chi connectivity index (χ2n) is 16.0. The minimum Gasteiger partial charge on any atom is -0.756 e. The van der Waals surface area contributed by atoms with Crippen LogP contribution in [0.25, 0.3) is 0 Å². The third-order valence-electron chi connectivity index (χ3n) is 9.41. The number of phosphoric acid groups is 1. The van der Waals surface area contributed by atoms with Crippen molar-refractivity contribution in [2.24, 2.45) is 0 Å². The van der Waals surface area contributed by atoms with Crippen LogP contribution in [0.2, 0.25) is 0 Å². The van der Waals surface area contributed by atoms with Crippen molar-refractivity contribution in [3.8, 4) is 0 Å². The van der Waals surface area contributed by atoms with Crippen LogP contribution in [0.5, 0.6) is 0 Å². The Morgan fingerprint density at radius 1 is 0.574 bits per heavy atom. The first-order valence-corrected chi connectivity index (χ1v) is 23.7. The van der Waals surface area contributed by atoms with E-state index in [9.17, 15) is 14.3 Å². The Morgan fingerprint density at radius 2 is 1.02 bits per heavy atom. The Morgan fingerprint density at radius 3 is 1.56 bits per heavy atom. The van der Waals surface area contributed by atoms with Gasteiger partial charge in [-0.2, -0.15) is 0 Å². The van der Waals surface area contributed by atoms with Gasteiger partial charge in [0.15, 0.2) is 0 Å². The van der Waals surface area contributed by atoms with Crippen LogP contribution in [0.15, 0.2) is 36.5 Å². The average Bonchev–Trinajstić information content (AvgIpc) is 3.12. The minimum atomic E-state index is -4.53. The second-order valence-corrected chi connectivity index (χ2v) is 17.5. The first-order valence-electron chi connectivity index (χ1n) is 22.2. The molecule has 0 bridgehead atoms. The van der Waals surface area contributed by atoms with Crippen molar-refractivity contribution in [3.63, 3.8) is 0 Å². The third kappa shape index (κ3) is 41.9. The summed E-state index contributed by atoms with van der Waals surface area (Å²) in [7, 11) is 1.35. The van der Waals surface area contributed by atoms with Gasteiger partial charge in [-0.25, -0.2) is 0 Å². The zero-order chi connectivity index (χ0) is 39.9. The van der Waals surface area contributed by atoms with E-state index in [0.717, 1.165) is 51.4 Å². The predicted molar refractivity (Wildman–Crippen MR) is 227 cm³/mol. The fraction of sp³-hybridized carbons (Fsp3) is 0.844. The van der Waals surface area contributed by atoms with E-state index in [1.807, 2.05) is 21.1 Å². The van der Waals surface area contributed by atoms with Gasteiger partial charge in [-0.15, -0.1) is 0 Å². The monoisotopic (exact) mass is 784 g/mol. The molecule has 0 aliphatic carbocycles. The summed E-state index contributed by atoms with van der Waals surface area (Å²) in [5.41, 5.74) is 0. The molecular weight excluding hydrogens is 697 g/mol. The van der Waals surface area contributed by atoms with Crippen LogP contribution in [0.4, 0.5) is 0 Å². The van der Waals surface area contributed by atoms with Crippen LogP contribution < -0.4 is 4.89 Å². The molecule has 0 saturated heterocycles. The molecule has 0 radical (unpaired) electrons. The molecular formula is C45H86NO7P. The molecule has 0 heterocycles. The molecule has 0 aromatic rings. The first kappa shape index (κ1) is 52.7. The molecule has 2 unspecified atom stereocenters. The number of rotatable bonds is 41. The average molecular weight is 784 g/mol. The molecule has 8 nitrogen and oxygen atoms in total. The van der Waals surface area contributed by atoms with Crippen LogP contribution >= 0.6 is 7.82 Å². The van der Waals surface area contributed by atoms with E-state index in [0.29, 0.717) is 24.1 Å². The SMILES string of the molecule is CCCCC/C=C\C/C=C\CCCCCCCCCCOCC(COP(=O)([O-])OCC[N+](C)(C)C)OC(=O)CCCCCCC/C=C\CCCCCCC. The van der Waals surface area contributed by atoms with Crippen LogP contribution in [0.3, 0.4) is 0 Å². The number of hydrogen-bond acceptors (Lipinski definition) is 7. The summed E-state index contributed by atoms with van der Waals surface area (Å²) in [5.74, 6) is -0.345. The van der Waals surface area contributed by atoms with Crippen LogP contribution in [0, 0.1) is 0 Å². The Hall–Kier alpha value is -1.28. The normalized spacial score (nSPS) is 14.1. The van der Waals surface area contributed by atoms with Gasteiger partial charge in [-0.3, -0.25) is 9.36 Å². The molecule has 0 amide bonds. The minimum absolute atomic E-state index is 0.0232. The number of phosphoric ester groups is 1. The highest BCUT2D eigenvalue weighted by molar-refractivity contribution is 7.45. The Bertz CT molecular complexity index is 962. The fourth-order valence-corrected chi connectivity index (χ4v) is 6.65. The van der Waals surface area contributed by atoms with Crippen molar-refractivity contribution in [1.82, 2.24) is 0 Å². The van der Waals surface area contributed by atoms with E-state index < -0.39 is 13.9 Å². The van der Waals surface area contributed by atoms with E-state index in [-0.39, 0.29) is 25.8 Å². The highest BCUT2D eigenvalue weighted by atomic mass is 31.2. The molecule has 2 atom stereocenters. The van der Waals surface area contributed by atoms with Crippen molar-refractivity contribution >= 4 is 13.8 Å². The van der Waals surface area contributed by atoms with Crippen molar-refractivity contribution in [2.75, 3.05) is 54.1 Å². The van der Waals surface area contributed by atoms with Crippen LogP contribution in [-0.4, -0.2) is 70.7 Å². The van der Waals surface area contributed by atoms with E-state index in [1.54, 1.807) is 0 Å². The molecule has 9 heteroatoms. The summed E-state index contributed by atoms with van der Waals surface area (Å²) in [6, 6.07) is 0. The molecule has 318 valence electrons. The lowest BCUT2D eigenvalue weighted by Crippen LogP contribution is -2.37. The summed E-state index contributed by atoms with van der Waals surface area (Å²) in [6.45, 7) is 5.36. The number of ether oxygens (including phenoxy) is 2. The molecule has 0 N–H and O–H groups in total. The topological polar surface area (TPSA) is 94.1 Å². The molecule has 0 spiro atoms. The molecule has 0 saturated carbocycles. The van der Waals surface area contributed by atoms with Gasteiger partial charge < -0.3 is 27.9 Å². The summed E-state index contributed by atoms with van der Waals surface area (Å²) < 4.78 is 34.6. The van der Waals surface area contributed by atoms with E-state index in [2.05, 4.69) is 50.3 Å². The number of hydrogen-bond donors (Lipinski definition) is 0. The number of quaternary nitrogens is 1. The number of carbonyl (C=O) groups is 1. The van der Waals surface area contributed by atoms with Gasteiger partial charge in [0.25, 0.3) is 7.82 Å². The number of esters is 1. The molecule has 0 aliphatic rings. The summed E-state index contributed by atoms with van der Waals surface area (Å²) in [6.07, 6.45) is 44.3. The highest BCUT2D eigenvalue weighted by Crippen LogP contribution is 2.38. The lowest BCUT2D eigenvalue weighted by Gasteiger charge is -2.28. The van der Waals surface area contributed by atoms with Gasteiger partial charge in [0.1, 0.15) is 19.3 Å². The Labute approximate surface area is 334 Å². The smallest absolute Gasteiger partial charge is 0.306 e. The second kappa shape index (κ2) is 38.6. The molecule has 0 rings (SSSR count). The maximum atomic E-state index is 12.7. The Balaban J connectivity index is 4.24. The maximum Gasteiger partial charge on any atom is 0.306 e. The first-order chi connectivity index (χ1) is 26.1. The highest BCUT2D eigenvalue weighted by Gasteiger charge is 2.20. The van der Waals surface area contributed by atoms with Crippen LogP contribution in [-0.2, 0) is 27.9 Å². The predicted octanol–water partition coefficient (Wildman–Crippen LogP) is 12.4. The van der Waals surface area contributed by atoms with Gasteiger partial charge in [-0.1, -0.05) is 147 Å². The summed E-state index contributed by atoms with van der Waals surface area (Å²) in [4.78, 5) is 25.0. The van der Waals surface area contributed by atoms with Crippen molar-refractivity contribution in [2.45, 2.75) is 193 Å². The largest absolute Gasteiger partial charge is 0.756 e. The number of allylic oxidation sites excluding steroid dienone is 6. The Kier molecular flexibility index (Phi) is 37.7. The van der Waals surface area contributed by atoms with Gasteiger partial charge in [0, 0.05) is 13.0 Å². The van der Waals surface area contributed by atoms with Gasteiger partial charge in [0.05, 0.1) is 34.4 Å². The molecule has 0 aromatic carbocycles. The lowest BCUT2D eigenvalue weighted by atomic mass is 10.1. The molecule has 0 aromatic heterocycles. The number of unbranched alkanes of at least 4 members (excludes halogenated alkanes) is 21. The zero-order valence-electron chi connectivity index (χ0n) is 35.9. The standard InChI is InChI=1S/C45H86NO7P/c1-6-8-10-12-14-16-18-20-22-23-24-25-27-29-31-33-35-37-40-50-42-44(43-52-54(48,49)51-41-39-46(3,4)5)53-45(47)38-36-34-32-30-28-26-21-19-17-15-13-11-9-7-2/h14,16,19-22,44H,6-13,15,17-18,23-43H2,1-5H3/b16-14-,21-19-,22-20-. The van der Waals surface area contributed by atoms with Crippen molar-refractivity contribution in [1.29, 1.82) is 0 Å². The van der Waals surface area contributed by atoms with Crippen molar-refractivity contribution in [3.05, 3.63) is 36.5 Å². The summed E-state index contributed by atoms with van der Waals surface area (Å²) >= 11 is 0. The van der Waals surface area contributed by atoms with E-state index in [4.69, 9.17) is 18.5 Å². The number of likely N-dealkylation sites (N-methyl/N-ethyl adjacent to an activating group) is 1. The molecule has 54 heavy (non-hydrogen) atoms. The summed E-state index contributed by atoms with van der Waals surface area (Å²) in [5, 5.41) is 0. The number of carbonyl (C=O) groups excluding carboxylic acids is 1. The van der Waals surface area contributed by atoms with Crippen molar-refractivity contribution < 1.29 is 37.3 Å². The third-order valence-corrected chi connectivity index (χ3v) is 10.4. The quantitative estimate of drug-likeness (QED) is 0.0200. The number of nitrogens with zero attached hydrogens (tertiary/aromatic N) is 1. The van der Waals surface area contributed by atoms with Crippen LogP contribution in [0.1, 0.15) is 187 Å². The van der Waals surface area contributed by atoms with Gasteiger partial charge in [0.2, 0.25) is 0 Å². The van der Waals surface area contributed by atoms with E-state index >= 15 is 0 Å².